The Morgan fingerprint density at radius 3 is 1.62 bits per heavy atom. The molecule has 0 heterocycles. The van der Waals surface area contributed by atoms with Crippen LogP contribution in [0.1, 0.15) is 91.4 Å². The van der Waals surface area contributed by atoms with Crippen molar-refractivity contribution in [3.63, 3.8) is 0 Å². The highest BCUT2D eigenvalue weighted by atomic mass is 16.1. The van der Waals surface area contributed by atoms with Crippen LogP contribution in [0.15, 0.2) is 48.6 Å². The van der Waals surface area contributed by atoms with Gasteiger partial charge in [-0.25, -0.2) is 0 Å². The van der Waals surface area contributed by atoms with Crippen LogP contribution in [0.3, 0.4) is 0 Å². The van der Waals surface area contributed by atoms with E-state index < -0.39 is 0 Å². The van der Waals surface area contributed by atoms with Gasteiger partial charge in [-0.05, 0) is 57.8 Å². The van der Waals surface area contributed by atoms with Crippen molar-refractivity contribution in [3.05, 3.63) is 48.6 Å². The lowest BCUT2D eigenvalue weighted by Gasteiger charge is -2.27. The number of nitrogens with two attached hydrogens (primary N) is 1. The first-order valence-corrected chi connectivity index (χ1v) is 10.5. The maximum Gasteiger partial charge on any atom is 0.223 e. The van der Waals surface area contributed by atoms with Crippen molar-refractivity contribution in [1.29, 1.82) is 0 Å². The molecule has 0 spiro atoms. The summed E-state index contributed by atoms with van der Waals surface area (Å²) in [6.07, 6.45) is 29.3. The third-order valence-corrected chi connectivity index (χ3v) is 5.12. The molecule has 26 heavy (non-hydrogen) atoms. The highest BCUT2D eigenvalue weighted by Crippen LogP contribution is 2.31. The van der Waals surface area contributed by atoms with Crippen molar-refractivity contribution in [1.82, 2.24) is 0 Å². The normalized spacial score (nSPS) is 13.0. The van der Waals surface area contributed by atoms with Gasteiger partial charge in [-0.15, -0.1) is 0 Å². The standard InChI is InChI=1S/C24H41NO/c1-4-7-8-9-10-11-12-13-14-15-16-17-18-19-20-21-22-24(5-2,6-3)23(25)26/h10-11,13-14,16-17,19-20H,4-9,12,15,18,21-22H2,1-3H3,(H2,25,26)/b11-10-,14-13-,17-16-,20-19-. The summed E-state index contributed by atoms with van der Waals surface area (Å²) < 4.78 is 0. The van der Waals surface area contributed by atoms with Gasteiger partial charge in [-0.2, -0.15) is 0 Å². The zero-order valence-electron chi connectivity index (χ0n) is 17.4. The quantitative estimate of drug-likeness (QED) is 0.233. The van der Waals surface area contributed by atoms with Crippen LogP contribution < -0.4 is 5.73 Å². The second-order valence-electron chi connectivity index (χ2n) is 6.98. The van der Waals surface area contributed by atoms with Gasteiger partial charge in [-0.3, -0.25) is 4.79 Å². The predicted molar refractivity (Wildman–Crippen MR) is 116 cm³/mol. The van der Waals surface area contributed by atoms with E-state index in [1.807, 2.05) is 0 Å². The van der Waals surface area contributed by atoms with E-state index >= 15 is 0 Å². The number of rotatable bonds is 16. The molecule has 0 unspecified atom stereocenters. The number of unbranched alkanes of at least 4 members (excludes halogenated alkanes) is 3. The number of allylic oxidation sites excluding steroid dienone is 8. The summed E-state index contributed by atoms with van der Waals surface area (Å²) in [6, 6.07) is 0. The van der Waals surface area contributed by atoms with Crippen LogP contribution in [0.25, 0.3) is 0 Å². The number of carbonyl (C=O) groups excluding carboxylic acids is 1. The Morgan fingerprint density at radius 2 is 1.19 bits per heavy atom. The van der Waals surface area contributed by atoms with Gasteiger partial charge in [0.1, 0.15) is 0 Å². The smallest absolute Gasteiger partial charge is 0.223 e. The topological polar surface area (TPSA) is 43.1 Å². The van der Waals surface area contributed by atoms with E-state index in [-0.39, 0.29) is 11.3 Å². The van der Waals surface area contributed by atoms with Crippen LogP contribution in [0.5, 0.6) is 0 Å². The fourth-order valence-corrected chi connectivity index (χ4v) is 3.00. The summed E-state index contributed by atoms with van der Waals surface area (Å²) in [5.74, 6) is -0.154. The van der Waals surface area contributed by atoms with Crippen molar-refractivity contribution in [2.75, 3.05) is 0 Å². The molecular weight excluding hydrogens is 318 g/mol. The lowest BCUT2D eigenvalue weighted by atomic mass is 9.77. The van der Waals surface area contributed by atoms with Gasteiger partial charge in [0.15, 0.2) is 0 Å². The largest absolute Gasteiger partial charge is 0.369 e. The molecule has 0 saturated heterocycles. The molecule has 2 nitrogen and oxygen atoms in total. The highest BCUT2D eigenvalue weighted by Gasteiger charge is 2.31. The Bertz CT molecular complexity index is 453. The van der Waals surface area contributed by atoms with Crippen LogP contribution in [0.4, 0.5) is 0 Å². The number of hydrogen-bond donors (Lipinski definition) is 1. The highest BCUT2D eigenvalue weighted by molar-refractivity contribution is 5.80. The molecule has 0 aliphatic carbocycles. The van der Waals surface area contributed by atoms with E-state index in [9.17, 15) is 4.79 Å². The molecule has 0 atom stereocenters. The van der Waals surface area contributed by atoms with Gasteiger partial charge < -0.3 is 5.73 Å². The molecule has 0 rings (SSSR count). The lowest BCUT2D eigenvalue weighted by molar-refractivity contribution is -0.128. The van der Waals surface area contributed by atoms with E-state index in [2.05, 4.69) is 69.4 Å². The SMILES string of the molecule is CCCCC/C=C\C/C=C\C/C=C\C/C=C\CCC(CC)(CC)C(N)=O. The Hall–Kier alpha value is -1.57. The van der Waals surface area contributed by atoms with Gasteiger partial charge in [0.05, 0.1) is 0 Å². The minimum Gasteiger partial charge on any atom is -0.369 e. The third kappa shape index (κ3) is 11.9. The summed E-state index contributed by atoms with van der Waals surface area (Å²) in [4.78, 5) is 11.7. The van der Waals surface area contributed by atoms with Crippen LogP contribution >= 0.6 is 0 Å². The zero-order chi connectivity index (χ0) is 19.5. The maximum atomic E-state index is 11.7. The molecule has 0 fully saturated rings. The second-order valence-corrected chi connectivity index (χ2v) is 6.98. The minimum absolute atomic E-state index is 0.154. The Kier molecular flexibility index (Phi) is 15.9. The number of amides is 1. The van der Waals surface area contributed by atoms with E-state index in [0.717, 1.165) is 44.9 Å². The van der Waals surface area contributed by atoms with Crippen LogP contribution in [0.2, 0.25) is 0 Å². The molecule has 0 bridgehead atoms. The molecule has 0 aromatic rings. The average molecular weight is 360 g/mol. The van der Waals surface area contributed by atoms with Gasteiger partial charge in [0.25, 0.3) is 0 Å². The fraction of sp³-hybridized carbons (Fsp3) is 0.625. The molecule has 0 aliphatic rings. The second kappa shape index (κ2) is 16.9. The van der Waals surface area contributed by atoms with E-state index in [0.29, 0.717) is 0 Å². The summed E-state index contributed by atoms with van der Waals surface area (Å²) in [6.45, 7) is 6.34. The summed E-state index contributed by atoms with van der Waals surface area (Å²) in [5.41, 5.74) is 5.25. The first-order chi connectivity index (χ1) is 12.6. The number of carbonyl (C=O) groups is 1. The van der Waals surface area contributed by atoms with Crippen LogP contribution in [0, 0.1) is 5.41 Å². The first kappa shape index (κ1) is 24.4. The molecular formula is C24H41NO. The summed E-state index contributed by atoms with van der Waals surface area (Å²) in [7, 11) is 0. The van der Waals surface area contributed by atoms with Gasteiger partial charge in [-0.1, -0.05) is 82.2 Å². The van der Waals surface area contributed by atoms with E-state index in [1.54, 1.807) is 0 Å². The average Bonchev–Trinajstić information content (AvgIpc) is 2.64. The minimum atomic E-state index is -0.324. The molecule has 0 radical (unpaired) electrons. The molecule has 2 heteroatoms. The monoisotopic (exact) mass is 359 g/mol. The van der Waals surface area contributed by atoms with Crippen molar-refractivity contribution in [3.8, 4) is 0 Å². The van der Waals surface area contributed by atoms with Gasteiger partial charge in [0.2, 0.25) is 5.91 Å². The van der Waals surface area contributed by atoms with Crippen LogP contribution in [-0.4, -0.2) is 5.91 Å². The molecule has 0 saturated carbocycles. The van der Waals surface area contributed by atoms with E-state index in [4.69, 9.17) is 5.73 Å². The van der Waals surface area contributed by atoms with Gasteiger partial charge >= 0.3 is 0 Å². The molecule has 148 valence electrons. The van der Waals surface area contributed by atoms with Crippen LogP contribution in [-0.2, 0) is 4.79 Å². The lowest BCUT2D eigenvalue weighted by Crippen LogP contribution is -2.35. The Morgan fingerprint density at radius 1 is 0.731 bits per heavy atom. The third-order valence-electron chi connectivity index (χ3n) is 5.12. The summed E-state index contributed by atoms with van der Waals surface area (Å²) in [5, 5.41) is 0. The predicted octanol–water partition coefficient (Wildman–Crippen LogP) is 7.03. The van der Waals surface area contributed by atoms with Crippen molar-refractivity contribution < 1.29 is 4.79 Å². The molecule has 0 aliphatic heterocycles. The molecule has 2 N–H and O–H groups in total. The van der Waals surface area contributed by atoms with Crippen molar-refractivity contribution in [2.45, 2.75) is 91.4 Å². The molecule has 0 aromatic heterocycles. The Balaban J connectivity index is 3.79. The molecule has 0 aromatic carbocycles. The number of hydrogen-bond acceptors (Lipinski definition) is 1. The summed E-state index contributed by atoms with van der Waals surface area (Å²) >= 11 is 0. The van der Waals surface area contributed by atoms with Gasteiger partial charge in [0, 0.05) is 5.41 Å². The number of primary amides is 1. The maximum absolute atomic E-state index is 11.7. The fourth-order valence-electron chi connectivity index (χ4n) is 3.00. The van der Waals surface area contributed by atoms with Crippen molar-refractivity contribution >= 4 is 5.91 Å². The first-order valence-electron chi connectivity index (χ1n) is 10.5. The van der Waals surface area contributed by atoms with Crippen molar-refractivity contribution in [2.24, 2.45) is 11.1 Å². The zero-order valence-corrected chi connectivity index (χ0v) is 17.4. The van der Waals surface area contributed by atoms with E-state index in [1.165, 1.54) is 25.7 Å². The molecule has 1 amide bonds. The Labute approximate surface area is 162 Å².